The fourth-order valence-corrected chi connectivity index (χ4v) is 4.52. The molecule has 170 valence electrons. The molecule has 0 bridgehead atoms. The second-order valence-electron chi connectivity index (χ2n) is 7.96. The van der Waals surface area contributed by atoms with Crippen LogP contribution in [0.25, 0.3) is 0 Å². The van der Waals surface area contributed by atoms with Crippen LogP contribution >= 0.6 is 0 Å². The molecule has 0 aromatic heterocycles. The Balaban J connectivity index is 1.91. The maximum atomic E-state index is 12.7. The zero-order valence-corrected chi connectivity index (χ0v) is 19.9. The third-order valence-corrected chi connectivity index (χ3v) is 6.17. The van der Waals surface area contributed by atoms with E-state index < -0.39 is 16.1 Å². The monoisotopic (exact) mass is 446 g/mol. The fourth-order valence-electron chi connectivity index (χ4n) is 3.35. The van der Waals surface area contributed by atoms with Crippen molar-refractivity contribution in [2.24, 2.45) is 0 Å². The van der Waals surface area contributed by atoms with Crippen molar-refractivity contribution in [1.82, 2.24) is 5.32 Å². The lowest BCUT2D eigenvalue weighted by Crippen LogP contribution is -2.48. The number of hydrogen-bond acceptors (Lipinski definition) is 4. The summed E-state index contributed by atoms with van der Waals surface area (Å²) in [4.78, 5) is 12.7. The Morgan fingerprint density at radius 1 is 1.00 bits per heavy atom. The summed E-state index contributed by atoms with van der Waals surface area (Å²) >= 11 is 0. The molecule has 0 fully saturated rings. The number of carbonyl (C=O) groups is 1. The summed E-state index contributed by atoms with van der Waals surface area (Å²) in [6.07, 6.45) is 3.69. The summed E-state index contributed by atoms with van der Waals surface area (Å²) < 4.78 is 31.6. The minimum Gasteiger partial charge on any atom is -0.491 e. The van der Waals surface area contributed by atoms with Gasteiger partial charge in [-0.25, -0.2) is 8.42 Å². The second-order valence-corrected chi connectivity index (χ2v) is 9.82. The molecular weight excluding hydrogens is 412 g/mol. The van der Waals surface area contributed by atoms with Crippen LogP contribution in [0.15, 0.2) is 48.5 Å². The van der Waals surface area contributed by atoms with Crippen molar-refractivity contribution >= 4 is 21.6 Å². The number of rotatable bonds is 11. The van der Waals surface area contributed by atoms with Crippen molar-refractivity contribution in [1.29, 1.82) is 0 Å². The number of ether oxygens (including phenoxy) is 1. The average molecular weight is 447 g/mol. The summed E-state index contributed by atoms with van der Waals surface area (Å²) in [6, 6.07) is 14.4. The first kappa shape index (κ1) is 24.7. The van der Waals surface area contributed by atoms with Gasteiger partial charge in [-0.05, 0) is 75.4 Å². The largest absolute Gasteiger partial charge is 0.491 e. The van der Waals surface area contributed by atoms with Crippen LogP contribution in [0.3, 0.4) is 0 Å². The summed E-state index contributed by atoms with van der Waals surface area (Å²) in [6.45, 7) is 8.09. The lowest BCUT2D eigenvalue weighted by atomic mass is 10.1. The Kier molecular flexibility index (Phi) is 8.92. The van der Waals surface area contributed by atoms with Crippen molar-refractivity contribution in [2.45, 2.75) is 59.1 Å². The van der Waals surface area contributed by atoms with Crippen LogP contribution in [0.5, 0.6) is 5.75 Å². The molecule has 0 aliphatic carbocycles. The molecule has 2 aromatic rings. The summed E-state index contributed by atoms with van der Waals surface area (Å²) in [5, 5.41) is 2.87. The molecule has 0 saturated heterocycles. The molecule has 0 aliphatic heterocycles. The predicted octanol–water partition coefficient (Wildman–Crippen LogP) is 3.94. The number of benzene rings is 2. The van der Waals surface area contributed by atoms with Crippen molar-refractivity contribution in [2.75, 3.05) is 17.1 Å². The highest BCUT2D eigenvalue weighted by Gasteiger charge is 2.28. The Bertz CT molecular complexity index is 939. The first-order chi connectivity index (χ1) is 14.6. The number of hydrogen-bond donors (Lipinski definition) is 1. The van der Waals surface area contributed by atoms with E-state index in [1.165, 1.54) is 4.31 Å². The van der Waals surface area contributed by atoms with Gasteiger partial charge in [0.15, 0.2) is 0 Å². The molecule has 0 saturated carbocycles. The molecule has 1 atom stereocenters. The van der Waals surface area contributed by atoms with Gasteiger partial charge in [0.25, 0.3) is 0 Å². The van der Waals surface area contributed by atoms with E-state index in [1.807, 2.05) is 57.2 Å². The van der Waals surface area contributed by atoms with E-state index in [4.69, 9.17) is 4.74 Å². The van der Waals surface area contributed by atoms with Crippen molar-refractivity contribution in [3.05, 3.63) is 59.7 Å². The lowest BCUT2D eigenvalue weighted by Gasteiger charge is -2.28. The zero-order chi connectivity index (χ0) is 23.0. The molecule has 0 spiro atoms. The molecule has 7 heteroatoms. The normalized spacial score (nSPS) is 12.5. The van der Waals surface area contributed by atoms with Gasteiger partial charge < -0.3 is 10.1 Å². The summed E-state index contributed by atoms with van der Waals surface area (Å²) in [7, 11) is -3.61. The molecule has 1 N–H and O–H groups in total. The van der Waals surface area contributed by atoms with E-state index in [9.17, 15) is 13.2 Å². The first-order valence-corrected chi connectivity index (χ1v) is 12.6. The fraction of sp³-hybridized carbons (Fsp3) is 0.458. The van der Waals surface area contributed by atoms with Crippen LogP contribution in [-0.4, -0.2) is 39.3 Å². The number of aryl methyl sites for hydroxylation is 2. The summed E-state index contributed by atoms with van der Waals surface area (Å²) in [5.74, 6) is 0.527. The number of sulfonamides is 1. The Labute approximate surface area is 186 Å². The SMILES string of the molecule is CCc1ccc(N(C(C)C(=O)NCCCc2ccc(OC(C)C)cc2)S(C)(=O)=O)cc1. The summed E-state index contributed by atoms with van der Waals surface area (Å²) in [5.41, 5.74) is 2.76. The number of carbonyl (C=O) groups excluding carboxylic acids is 1. The molecule has 2 aromatic carbocycles. The van der Waals surface area contributed by atoms with Gasteiger partial charge in [-0.1, -0.05) is 31.2 Å². The smallest absolute Gasteiger partial charge is 0.243 e. The van der Waals surface area contributed by atoms with Crippen molar-refractivity contribution in [3.8, 4) is 5.75 Å². The topological polar surface area (TPSA) is 75.7 Å². The number of nitrogens with zero attached hydrogens (tertiary/aromatic N) is 1. The molecule has 1 unspecified atom stereocenters. The average Bonchev–Trinajstić information content (AvgIpc) is 2.71. The lowest BCUT2D eigenvalue weighted by molar-refractivity contribution is -0.121. The molecular formula is C24H34N2O4S. The van der Waals surface area contributed by atoms with E-state index in [0.717, 1.165) is 42.4 Å². The molecule has 0 heterocycles. The van der Waals surface area contributed by atoms with Crippen LogP contribution < -0.4 is 14.4 Å². The standard InChI is InChI=1S/C24H34N2O4S/c1-6-20-9-13-22(14-10-20)26(31(5,28)29)19(4)24(27)25-17-7-8-21-11-15-23(16-12-21)30-18(2)3/h9-16,18-19H,6-8,17H2,1-5H3,(H,25,27). The second kappa shape index (κ2) is 11.2. The molecule has 2 rings (SSSR count). The highest BCUT2D eigenvalue weighted by molar-refractivity contribution is 7.92. The highest BCUT2D eigenvalue weighted by atomic mass is 32.2. The zero-order valence-electron chi connectivity index (χ0n) is 19.1. The van der Waals surface area contributed by atoms with E-state index in [1.54, 1.807) is 19.1 Å². The van der Waals surface area contributed by atoms with Gasteiger partial charge in [-0.15, -0.1) is 0 Å². The number of anilines is 1. The van der Waals surface area contributed by atoms with Crippen LogP contribution in [0, 0.1) is 0 Å². The van der Waals surface area contributed by atoms with Gasteiger partial charge in [0, 0.05) is 6.54 Å². The predicted molar refractivity (Wildman–Crippen MR) is 126 cm³/mol. The van der Waals surface area contributed by atoms with Crippen molar-refractivity contribution in [3.63, 3.8) is 0 Å². The molecule has 31 heavy (non-hydrogen) atoms. The van der Waals surface area contributed by atoms with Gasteiger partial charge in [0.2, 0.25) is 15.9 Å². The number of amides is 1. The maximum Gasteiger partial charge on any atom is 0.243 e. The van der Waals surface area contributed by atoms with Gasteiger partial charge in [0.05, 0.1) is 18.0 Å². The van der Waals surface area contributed by atoms with Gasteiger partial charge in [-0.3, -0.25) is 9.10 Å². The van der Waals surface area contributed by atoms with Gasteiger partial charge in [-0.2, -0.15) is 0 Å². The minimum absolute atomic E-state index is 0.138. The number of nitrogens with one attached hydrogen (secondary N) is 1. The molecule has 0 radical (unpaired) electrons. The third kappa shape index (κ3) is 7.58. The van der Waals surface area contributed by atoms with Crippen LogP contribution in [0.4, 0.5) is 5.69 Å². The molecule has 1 amide bonds. The minimum atomic E-state index is -3.61. The Morgan fingerprint density at radius 3 is 2.10 bits per heavy atom. The highest BCUT2D eigenvalue weighted by Crippen LogP contribution is 2.22. The van der Waals surface area contributed by atoms with Crippen LogP contribution in [0.2, 0.25) is 0 Å². The van der Waals surface area contributed by atoms with E-state index in [0.29, 0.717) is 12.2 Å². The first-order valence-electron chi connectivity index (χ1n) is 10.7. The molecule has 6 nitrogen and oxygen atoms in total. The Morgan fingerprint density at radius 2 is 1.58 bits per heavy atom. The van der Waals surface area contributed by atoms with E-state index in [2.05, 4.69) is 5.32 Å². The van der Waals surface area contributed by atoms with Gasteiger partial charge >= 0.3 is 0 Å². The quantitative estimate of drug-likeness (QED) is 0.531. The van der Waals surface area contributed by atoms with E-state index in [-0.39, 0.29) is 12.0 Å². The van der Waals surface area contributed by atoms with Crippen molar-refractivity contribution < 1.29 is 17.9 Å². The van der Waals surface area contributed by atoms with E-state index >= 15 is 0 Å². The van der Waals surface area contributed by atoms with Crippen LogP contribution in [-0.2, 0) is 27.7 Å². The third-order valence-electron chi connectivity index (χ3n) is 4.92. The van der Waals surface area contributed by atoms with Gasteiger partial charge in [0.1, 0.15) is 11.8 Å². The Hall–Kier alpha value is -2.54. The van der Waals surface area contributed by atoms with Crippen LogP contribution in [0.1, 0.15) is 45.2 Å². The molecule has 0 aliphatic rings. The maximum absolute atomic E-state index is 12.7.